The van der Waals surface area contributed by atoms with Crippen LogP contribution in [-0.2, 0) is 22.4 Å². The molecule has 190 valence electrons. The van der Waals surface area contributed by atoms with E-state index in [0.29, 0.717) is 6.42 Å². The van der Waals surface area contributed by atoms with Gasteiger partial charge in [-0.3, -0.25) is 9.69 Å². The molecule has 5 rings (SSSR count). The monoisotopic (exact) mass is 489 g/mol. The van der Waals surface area contributed by atoms with Crippen LogP contribution >= 0.6 is 0 Å². The number of carbonyl (C=O) groups is 2. The molecule has 0 saturated heterocycles. The van der Waals surface area contributed by atoms with Crippen molar-refractivity contribution in [2.45, 2.75) is 76.8 Å². The van der Waals surface area contributed by atoms with E-state index in [1.807, 2.05) is 19.1 Å². The summed E-state index contributed by atoms with van der Waals surface area (Å²) in [5.74, 6) is 0.122. The van der Waals surface area contributed by atoms with Crippen molar-refractivity contribution in [1.29, 1.82) is 0 Å². The van der Waals surface area contributed by atoms with Crippen LogP contribution in [0.15, 0.2) is 42.5 Å². The summed E-state index contributed by atoms with van der Waals surface area (Å²) < 4.78 is 7.43. The van der Waals surface area contributed by atoms with Crippen LogP contribution in [0.25, 0.3) is 11.0 Å². The van der Waals surface area contributed by atoms with E-state index in [4.69, 9.17) is 9.72 Å². The molecule has 7 heteroatoms. The molecule has 1 fully saturated rings. The fourth-order valence-electron chi connectivity index (χ4n) is 6.21. The molecule has 7 nitrogen and oxygen atoms in total. The average Bonchev–Trinajstić information content (AvgIpc) is 3.29. The number of anilines is 1. The smallest absolute Gasteiger partial charge is 0.414 e. The van der Waals surface area contributed by atoms with E-state index >= 15 is 0 Å². The molecule has 2 aliphatic rings. The first-order chi connectivity index (χ1) is 17.4. The summed E-state index contributed by atoms with van der Waals surface area (Å²) >= 11 is 0. The normalized spacial score (nSPS) is 22.8. The Balaban J connectivity index is 1.64. The molecule has 0 radical (unpaired) electrons. The second-order valence-corrected chi connectivity index (χ2v) is 10.4. The number of hydrogen-bond acceptors (Lipinski definition) is 4. The highest BCUT2D eigenvalue weighted by Gasteiger charge is 2.34. The third kappa shape index (κ3) is 4.36. The van der Waals surface area contributed by atoms with Gasteiger partial charge in [0.05, 0.1) is 29.7 Å². The van der Waals surface area contributed by atoms with Crippen molar-refractivity contribution in [3.8, 4) is 0 Å². The number of methoxy groups -OCH3 is 1. The minimum atomic E-state index is -0.705. The standard InChI is InChI=1S/C29H35N3O4/c1-18(16-20-8-5-4-6-9-20)27-30-26-23-13-12-19(2)31(29(35)36-3)24(23)14-15-25(26)32(27)22-11-7-10-21(17-22)28(33)34/h4-6,8-9,14-15,18-19,21-22H,7,10-13,16-17H2,1-3H3,(H,33,34)/t18?,19?,21-,22-/m1/s1. The predicted molar refractivity (Wildman–Crippen MR) is 140 cm³/mol. The highest BCUT2D eigenvalue weighted by Crippen LogP contribution is 2.42. The van der Waals surface area contributed by atoms with Crippen LogP contribution in [0.5, 0.6) is 0 Å². The largest absolute Gasteiger partial charge is 0.481 e. The lowest BCUT2D eigenvalue weighted by atomic mass is 9.85. The van der Waals surface area contributed by atoms with E-state index in [9.17, 15) is 14.7 Å². The van der Waals surface area contributed by atoms with Gasteiger partial charge in [0.1, 0.15) is 5.82 Å². The molecule has 1 aliphatic carbocycles. The quantitative estimate of drug-likeness (QED) is 0.468. The molecule has 2 heterocycles. The number of fused-ring (bicyclic) bond motifs is 3. The molecule has 1 aliphatic heterocycles. The second-order valence-electron chi connectivity index (χ2n) is 10.4. The van der Waals surface area contributed by atoms with Crippen molar-refractivity contribution >= 4 is 28.8 Å². The fraction of sp³-hybridized carbons (Fsp3) is 0.483. The van der Waals surface area contributed by atoms with Gasteiger partial charge in [0.2, 0.25) is 0 Å². The summed E-state index contributed by atoms with van der Waals surface area (Å²) in [4.78, 5) is 31.5. The Morgan fingerprint density at radius 1 is 1.14 bits per heavy atom. The van der Waals surface area contributed by atoms with Gasteiger partial charge in [-0.2, -0.15) is 0 Å². The van der Waals surface area contributed by atoms with Crippen LogP contribution in [-0.4, -0.2) is 39.9 Å². The summed E-state index contributed by atoms with van der Waals surface area (Å²) in [7, 11) is 1.42. The highest BCUT2D eigenvalue weighted by molar-refractivity contribution is 5.95. The van der Waals surface area contributed by atoms with Crippen molar-refractivity contribution in [3.63, 3.8) is 0 Å². The summed E-state index contributed by atoms with van der Waals surface area (Å²) in [5.41, 5.74) is 5.17. The fourth-order valence-corrected chi connectivity index (χ4v) is 6.21. The zero-order chi connectivity index (χ0) is 25.4. The zero-order valence-corrected chi connectivity index (χ0v) is 21.3. The number of amides is 1. The maximum Gasteiger partial charge on any atom is 0.414 e. The van der Waals surface area contributed by atoms with Gasteiger partial charge in [-0.25, -0.2) is 9.78 Å². The van der Waals surface area contributed by atoms with Crippen molar-refractivity contribution in [2.75, 3.05) is 12.0 Å². The maximum absolute atomic E-state index is 12.6. The Morgan fingerprint density at radius 2 is 1.92 bits per heavy atom. The van der Waals surface area contributed by atoms with Gasteiger partial charge in [-0.15, -0.1) is 0 Å². The minimum Gasteiger partial charge on any atom is -0.481 e. The van der Waals surface area contributed by atoms with Crippen molar-refractivity contribution in [2.24, 2.45) is 5.92 Å². The molecule has 36 heavy (non-hydrogen) atoms. The predicted octanol–water partition coefficient (Wildman–Crippen LogP) is 6.11. The van der Waals surface area contributed by atoms with Crippen molar-refractivity contribution in [1.82, 2.24) is 9.55 Å². The third-order valence-electron chi connectivity index (χ3n) is 8.04. The first-order valence-corrected chi connectivity index (χ1v) is 13.1. The topological polar surface area (TPSA) is 84.7 Å². The number of ether oxygens (including phenoxy) is 1. The van der Waals surface area contributed by atoms with Gasteiger partial charge in [0, 0.05) is 23.6 Å². The van der Waals surface area contributed by atoms with E-state index < -0.39 is 5.97 Å². The molecule has 0 bridgehead atoms. The number of aryl methyl sites for hydroxylation is 1. The summed E-state index contributed by atoms with van der Waals surface area (Å²) in [5, 5.41) is 9.75. The Hall–Kier alpha value is -3.35. The van der Waals surface area contributed by atoms with Gasteiger partial charge < -0.3 is 14.4 Å². The van der Waals surface area contributed by atoms with Crippen LogP contribution in [0.4, 0.5) is 10.5 Å². The molecule has 2 aromatic carbocycles. The Labute approximate surface area is 212 Å². The number of benzene rings is 2. The number of imidazole rings is 1. The molecule has 1 N–H and O–H groups in total. The number of hydrogen-bond donors (Lipinski definition) is 1. The molecular formula is C29H35N3O4. The van der Waals surface area contributed by atoms with Crippen LogP contribution in [0, 0.1) is 5.92 Å². The van der Waals surface area contributed by atoms with Crippen LogP contribution in [0.1, 0.15) is 74.9 Å². The van der Waals surface area contributed by atoms with Gasteiger partial charge in [0.25, 0.3) is 0 Å². The highest BCUT2D eigenvalue weighted by atomic mass is 16.5. The number of carbonyl (C=O) groups excluding carboxylic acids is 1. The lowest BCUT2D eigenvalue weighted by molar-refractivity contribution is -0.143. The van der Waals surface area contributed by atoms with E-state index in [-0.39, 0.29) is 30.0 Å². The van der Waals surface area contributed by atoms with E-state index in [2.05, 4.69) is 41.8 Å². The van der Waals surface area contributed by atoms with Crippen molar-refractivity contribution in [3.05, 3.63) is 59.4 Å². The molecular weight excluding hydrogens is 454 g/mol. The van der Waals surface area contributed by atoms with Crippen molar-refractivity contribution < 1.29 is 19.4 Å². The molecule has 0 spiro atoms. The first-order valence-electron chi connectivity index (χ1n) is 13.1. The number of nitrogens with zero attached hydrogens (tertiary/aromatic N) is 3. The summed E-state index contributed by atoms with van der Waals surface area (Å²) in [6.07, 6.45) is 5.38. The van der Waals surface area contributed by atoms with E-state index in [1.165, 1.54) is 12.7 Å². The van der Waals surface area contributed by atoms with Gasteiger partial charge in [0.15, 0.2) is 0 Å². The lowest BCUT2D eigenvalue weighted by Gasteiger charge is -2.34. The SMILES string of the molecule is COC(=O)N1c2ccc3c(nc(C(C)Cc4ccccc4)n3[C@@H]3CCC[C@@H](C(=O)O)C3)c2CCC1C. The molecule has 2 unspecified atom stereocenters. The second kappa shape index (κ2) is 9.96. The minimum absolute atomic E-state index is 0.0515. The summed E-state index contributed by atoms with van der Waals surface area (Å²) in [6, 6.07) is 14.7. The lowest BCUT2D eigenvalue weighted by Crippen LogP contribution is -2.42. The van der Waals surface area contributed by atoms with E-state index in [1.54, 1.807) is 4.90 Å². The zero-order valence-electron chi connectivity index (χ0n) is 21.3. The number of aliphatic carboxylic acids is 1. The van der Waals surface area contributed by atoms with Crippen LogP contribution in [0.2, 0.25) is 0 Å². The molecule has 1 saturated carbocycles. The Kier molecular flexibility index (Phi) is 6.73. The molecule has 4 atom stereocenters. The Bertz CT molecular complexity index is 1270. The van der Waals surface area contributed by atoms with Crippen LogP contribution < -0.4 is 4.90 Å². The first kappa shape index (κ1) is 24.3. The maximum atomic E-state index is 12.6. The number of carboxylic acid groups (broad SMARTS) is 1. The number of aromatic nitrogens is 2. The van der Waals surface area contributed by atoms with Crippen LogP contribution in [0.3, 0.4) is 0 Å². The average molecular weight is 490 g/mol. The Morgan fingerprint density at radius 3 is 2.64 bits per heavy atom. The molecule has 3 aromatic rings. The third-order valence-corrected chi connectivity index (χ3v) is 8.04. The van der Waals surface area contributed by atoms with Gasteiger partial charge >= 0.3 is 12.1 Å². The number of rotatable bonds is 5. The van der Waals surface area contributed by atoms with E-state index in [0.717, 1.165) is 66.6 Å². The number of carboxylic acids is 1. The molecule has 1 aromatic heterocycles. The summed E-state index contributed by atoms with van der Waals surface area (Å²) in [6.45, 7) is 4.25. The molecule has 1 amide bonds. The van der Waals surface area contributed by atoms with Gasteiger partial charge in [-0.05, 0) is 63.1 Å². The van der Waals surface area contributed by atoms with Gasteiger partial charge in [-0.1, -0.05) is 43.7 Å².